The Morgan fingerprint density at radius 2 is 2.33 bits per heavy atom. The number of aryl methyl sites for hydroxylation is 1. The molecule has 0 radical (unpaired) electrons. The number of carbonyl (C=O) groups is 1. The molecule has 108 valence electrons. The molecule has 2 N–H and O–H groups in total. The number of hydrogen-bond donors (Lipinski definition) is 1. The molecule has 21 heavy (non-hydrogen) atoms. The zero-order valence-electron chi connectivity index (χ0n) is 11.3. The van der Waals surface area contributed by atoms with Gasteiger partial charge in [-0.3, -0.25) is 14.2 Å². The normalized spacial score (nSPS) is 11.1. The van der Waals surface area contributed by atoms with Crippen molar-refractivity contribution in [1.82, 2.24) is 9.55 Å². The minimum atomic E-state index is -0.446. The molecular formula is C14H13N3O3S. The maximum Gasteiger partial charge on any atom is 0.263 e. The van der Waals surface area contributed by atoms with Crippen LogP contribution in [-0.2, 0) is 11.3 Å². The summed E-state index contributed by atoms with van der Waals surface area (Å²) in [6, 6.07) is 3.57. The largest absolute Gasteiger partial charge is 0.464 e. The summed E-state index contributed by atoms with van der Waals surface area (Å²) >= 11 is 1.40. The predicted octanol–water partition coefficient (Wildman–Crippen LogP) is 1.90. The highest BCUT2D eigenvalue weighted by Gasteiger charge is 2.16. The lowest BCUT2D eigenvalue weighted by Crippen LogP contribution is -2.26. The first-order chi connectivity index (χ1) is 10.1. The van der Waals surface area contributed by atoms with Gasteiger partial charge < -0.3 is 10.2 Å². The van der Waals surface area contributed by atoms with E-state index in [4.69, 9.17) is 10.2 Å². The molecule has 3 aromatic rings. The van der Waals surface area contributed by atoms with Crippen LogP contribution in [0.3, 0.4) is 0 Å². The third kappa shape index (κ3) is 2.36. The average molecular weight is 303 g/mol. The van der Waals surface area contributed by atoms with Gasteiger partial charge in [0.05, 0.1) is 11.6 Å². The minimum Gasteiger partial charge on any atom is -0.464 e. The molecule has 3 heterocycles. The molecule has 0 atom stereocenters. The highest BCUT2D eigenvalue weighted by atomic mass is 32.1. The third-order valence-electron chi connectivity index (χ3n) is 3.25. The van der Waals surface area contributed by atoms with Crippen molar-refractivity contribution in [2.75, 3.05) is 0 Å². The van der Waals surface area contributed by atoms with Crippen LogP contribution in [0.15, 0.2) is 33.0 Å². The quantitative estimate of drug-likeness (QED) is 0.797. The van der Waals surface area contributed by atoms with Gasteiger partial charge in [-0.1, -0.05) is 0 Å². The number of carbonyl (C=O) groups excluding carboxylic acids is 1. The molecule has 0 saturated heterocycles. The number of thiophene rings is 1. The smallest absolute Gasteiger partial charge is 0.263 e. The minimum absolute atomic E-state index is 0.105. The van der Waals surface area contributed by atoms with Gasteiger partial charge >= 0.3 is 0 Å². The van der Waals surface area contributed by atoms with E-state index in [1.807, 2.05) is 5.38 Å². The molecule has 0 aliphatic rings. The van der Waals surface area contributed by atoms with E-state index in [0.29, 0.717) is 21.8 Å². The van der Waals surface area contributed by atoms with Crippen LogP contribution in [0.25, 0.3) is 21.5 Å². The lowest BCUT2D eigenvalue weighted by atomic mass is 10.2. The van der Waals surface area contributed by atoms with Gasteiger partial charge in [0.2, 0.25) is 5.91 Å². The summed E-state index contributed by atoms with van der Waals surface area (Å²) in [7, 11) is 0. The zero-order valence-corrected chi connectivity index (χ0v) is 12.1. The van der Waals surface area contributed by atoms with Crippen molar-refractivity contribution in [2.24, 2.45) is 5.73 Å². The summed E-state index contributed by atoms with van der Waals surface area (Å²) < 4.78 is 6.84. The Hall–Kier alpha value is -2.41. The van der Waals surface area contributed by atoms with Gasteiger partial charge in [0.25, 0.3) is 5.56 Å². The summed E-state index contributed by atoms with van der Waals surface area (Å²) in [5, 5.41) is 2.38. The molecular weight excluding hydrogens is 290 g/mol. The first-order valence-corrected chi connectivity index (χ1v) is 7.26. The van der Waals surface area contributed by atoms with Gasteiger partial charge in [-0.25, -0.2) is 4.98 Å². The van der Waals surface area contributed by atoms with E-state index in [0.717, 1.165) is 5.56 Å². The second kappa shape index (κ2) is 5.17. The summed E-state index contributed by atoms with van der Waals surface area (Å²) in [6.07, 6.45) is 1.67. The maximum absolute atomic E-state index is 12.7. The van der Waals surface area contributed by atoms with Gasteiger partial charge in [-0.2, -0.15) is 0 Å². The first-order valence-electron chi connectivity index (χ1n) is 6.38. The monoisotopic (exact) mass is 303 g/mol. The van der Waals surface area contributed by atoms with Gasteiger partial charge in [0.1, 0.15) is 16.4 Å². The van der Waals surface area contributed by atoms with Crippen molar-refractivity contribution in [1.29, 1.82) is 0 Å². The van der Waals surface area contributed by atoms with Crippen LogP contribution in [0, 0.1) is 6.92 Å². The lowest BCUT2D eigenvalue weighted by Gasteiger charge is -2.08. The second-order valence-corrected chi connectivity index (χ2v) is 5.50. The Kier molecular flexibility index (Phi) is 3.34. The van der Waals surface area contributed by atoms with Crippen LogP contribution < -0.4 is 11.3 Å². The van der Waals surface area contributed by atoms with Gasteiger partial charge in [0, 0.05) is 23.9 Å². The Morgan fingerprint density at radius 1 is 1.52 bits per heavy atom. The third-order valence-corrected chi connectivity index (χ3v) is 4.13. The van der Waals surface area contributed by atoms with Crippen LogP contribution in [0.2, 0.25) is 0 Å². The Bertz CT molecular complexity index is 862. The maximum atomic E-state index is 12.7. The predicted molar refractivity (Wildman–Crippen MR) is 80.1 cm³/mol. The van der Waals surface area contributed by atoms with Crippen LogP contribution >= 0.6 is 11.3 Å². The highest BCUT2D eigenvalue weighted by Crippen LogP contribution is 2.31. The molecule has 1 amide bonds. The Morgan fingerprint density at radius 3 is 3.00 bits per heavy atom. The average Bonchev–Trinajstić information content (AvgIpc) is 3.05. The van der Waals surface area contributed by atoms with Crippen molar-refractivity contribution in [2.45, 2.75) is 19.9 Å². The van der Waals surface area contributed by atoms with Crippen LogP contribution in [0.5, 0.6) is 0 Å². The molecule has 0 aliphatic carbocycles. The number of primary amides is 1. The van der Waals surface area contributed by atoms with E-state index in [9.17, 15) is 9.59 Å². The Labute approximate surface area is 123 Å². The number of amides is 1. The van der Waals surface area contributed by atoms with Gasteiger partial charge in [0.15, 0.2) is 0 Å². The standard InChI is InChI=1S/C14H13N3O3S/c1-8-16-13-12(14(19)17(8)5-4-11(15)18)9(7-21-13)10-3-2-6-20-10/h2-3,6-7H,4-5H2,1H3,(H2,15,18). The molecule has 3 rings (SSSR count). The summed E-state index contributed by atoms with van der Waals surface area (Å²) in [4.78, 5) is 28.7. The fraction of sp³-hybridized carbons (Fsp3) is 0.214. The second-order valence-electron chi connectivity index (χ2n) is 4.64. The summed E-state index contributed by atoms with van der Waals surface area (Å²) in [5.74, 6) is 0.755. The molecule has 0 aliphatic heterocycles. The summed E-state index contributed by atoms with van der Waals surface area (Å²) in [6.45, 7) is 1.98. The molecule has 0 fully saturated rings. The van der Waals surface area contributed by atoms with E-state index in [2.05, 4.69) is 4.98 Å². The molecule has 0 aromatic carbocycles. The number of furan rings is 1. The van der Waals surface area contributed by atoms with E-state index in [1.165, 1.54) is 15.9 Å². The van der Waals surface area contributed by atoms with Crippen molar-refractivity contribution >= 4 is 27.5 Å². The van der Waals surface area contributed by atoms with Crippen molar-refractivity contribution in [3.05, 3.63) is 40.0 Å². The highest BCUT2D eigenvalue weighted by molar-refractivity contribution is 7.17. The molecule has 6 nitrogen and oxygen atoms in total. The molecule has 7 heteroatoms. The first kappa shape index (κ1) is 13.6. The van der Waals surface area contributed by atoms with Gasteiger partial charge in [-0.15, -0.1) is 11.3 Å². The molecule has 0 unspecified atom stereocenters. The van der Waals surface area contributed by atoms with Crippen molar-refractivity contribution in [3.8, 4) is 11.3 Å². The molecule has 3 aromatic heterocycles. The van der Waals surface area contributed by atoms with E-state index in [-0.39, 0.29) is 18.5 Å². The fourth-order valence-electron chi connectivity index (χ4n) is 2.22. The molecule has 0 spiro atoms. The zero-order chi connectivity index (χ0) is 15.0. The summed E-state index contributed by atoms with van der Waals surface area (Å²) in [5.41, 5.74) is 5.71. The Balaban J connectivity index is 2.20. The van der Waals surface area contributed by atoms with Crippen LogP contribution in [0.4, 0.5) is 0 Å². The number of nitrogens with two attached hydrogens (primary N) is 1. The van der Waals surface area contributed by atoms with Gasteiger partial charge in [-0.05, 0) is 19.1 Å². The van der Waals surface area contributed by atoms with E-state index < -0.39 is 5.91 Å². The number of hydrogen-bond acceptors (Lipinski definition) is 5. The van der Waals surface area contributed by atoms with E-state index in [1.54, 1.807) is 25.3 Å². The number of fused-ring (bicyclic) bond motifs is 1. The molecule has 0 saturated carbocycles. The number of aromatic nitrogens is 2. The number of rotatable bonds is 4. The molecule has 0 bridgehead atoms. The topological polar surface area (TPSA) is 91.1 Å². The van der Waals surface area contributed by atoms with Crippen LogP contribution in [0.1, 0.15) is 12.2 Å². The lowest BCUT2D eigenvalue weighted by molar-refractivity contribution is -0.118. The van der Waals surface area contributed by atoms with Crippen molar-refractivity contribution in [3.63, 3.8) is 0 Å². The van der Waals surface area contributed by atoms with Crippen LogP contribution in [-0.4, -0.2) is 15.5 Å². The fourth-order valence-corrected chi connectivity index (χ4v) is 3.19. The van der Waals surface area contributed by atoms with Crippen molar-refractivity contribution < 1.29 is 9.21 Å². The van der Waals surface area contributed by atoms with E-state index >= 15 is 0 Å². The number of nitrogens with zero attached hydrogens (tertiary/aromatic N) is 2. The SMILES string of the molecule is Cc1nc2scc(-c3ccco3)c2c(=O)n1CCC(N)=O.